The van der Waals surface area contributed by atoms with Crippen LogP contribution in [0.25, 0.3) is 0 Å². The Morgan fingerprint density at radius 1 is 1.22 bits per heavy atom. The number of benzene rings is 1. The Hall–Kier alpha value is -1.78. The molecule has 1 aliphatic heterocycles. The monoisotopic (exact) mass is 332 g/mol. The summed E-state index contributed by atoms with van der Waals surface area (Å²) in [6.45, 7) is 3.28. The van der Waals surface area contributed by atoms with Gasteiger partial charge in [0.15, 0.2) is 0 Å². The van der Waals surface area contributed by atoms with Gasteiger partial charge in [-0.15, -0.1) is 0 Å². The number of hydrogen-bond donors (Lipinski definition) is 1. The molecular weight excluding hydrogens is 312 g/mol. The Morgan fingerprint density at radius 2 is 1.96 bits per heavy atom. The van der Waals surface area contributed by atoms with Gasteiger partial charge in [0.2, 0.25) is 5.91 Å². The largest absolute Gasteiger partial charge is 0.467 e. The summed E-state index contributed by atoms with van der Waals surface area (Å²) in [5.74, 6) is 1.03. The molecule has 0 saturated carbocycles. The number of rotatable bonds is 5. The highest BCUT2D eigenvalue weighted by atomic mass is 35.5. The van der Waals surface area contributed by atoms with Gasteiger partial charge in [0.25, 0.3) is 0 Å². The highest BCUT2D eigenvalue weighted by Crippen LogP contribution is 2.20. The quantitative estimate of drug-likeness (QED) is 0.912. The number of amides is 1. The van der Waals surface area contributed by atoms with E-state index in [1.165, 1.54) is 5.56 Å². The van der Waals surface area contributed by atoms with Crippen molar-refractivity contribution in [3.05, 3.63) is 59.0 Å². The Kier molecular flexibility index (Phi) is 5.36. The summed E-state index contributed by atoms with van der Waals surface area (Å²) in [5, 5.41) is 3.72. The molecule has 122 valence electrons. The Labute approximate surface area is 141 Å². The zero-order valence-electron chi connectivity index (χ0n) is 13.0. The maximum absolute atomic E-state index is 12.2. The maximum Gasteiger partial charge on any atom is 0.223 e. The maximum atomic E-state index is 12.2. The summed E-state index contributed by atoms with van der Waals surface area (Å²) >= 11 is 5.91. The first kappa shape index (κ1) is 16.1. The molecule has 0 unspecified atom stereocenters. The van der Waals surface area contributed by atoms with Gasteiger partial charge in [0.1, 0.15) is 5.76 Å². The van der Waals surface area contributed by atoms with E-state index in [4.69, 9.17) is 16.0 Å². The number of likely N-dealkylation sites (tertiary alicyclic amines) is 1. The minimum Gasteiger partial charge on any atom is -0.467 e. The van der Waals surface area contributed by atoms with E-state index in [1.807, 2.05) is 24.3 Å². The summed E-state index contributed by atoms with van der Waals surface area (Å²) < 4.78 is 5.23. The molecule has 1 aliphatic rings. The van der Waals surface area contributed by atoms with Crippen LogP contribution in [0.3, 0.4) is 0 Å². The van der Waals surface area contributed by atoms with Crippen molar-refractivity contribution in [2.45, 2.75) is 25.9 Å². The van der Waals surface area contributed by atoms with Crippen LogP contribution >= 0.6 is 11.6 Å². The average molecular weight is 333 g/mol. The van der Waals surface area contributed by atoms with Crippen molar-refractivity contribution >= 4 is 17.5 Å². The van der Waals surface area contributed by atoms with Gasteiger partial charge in [0, 0.05) is 17.5 Å². The second kappa shape index (κ2) is 7.66. The second-order valence-corrected chi connectivity index (χ2v) is 6.41. The number of carbonyl (C=O) groups excluding carboxylic acids is 1. The van der Waals surface area contributed by atoms with Crippen LogP contribution in [0, 0.1) is 5.92 Å². The summed E-state index contributed by atoms with van der Waals surface area (Å²) in [7, 11) is 0. The number of hydrogen-bond acceptors (Lipinski definition) is 3. The molecule has 0 bridgehead atoms. The first-order valence-electron chi connectivity index (χ1n) is 7.97. The molecule has 0 spiro atoms. The van der Waals surface area contributed by atoms with Crippen LogP contribution < -0.4 is 5.32 Å². The fourth-order valence-corrected chi connectivity index (χ4v) is 3.06. The van der Waals surface area contributed by atoms with Crippen LogP contribution in [-0.2, 0) is 17.9 Å². The molecule has 2 aromatic rings. The third-order valence-electron chi connectivity index (χ3n) is 4.29. The highest BCUT2D eigenvalue weighted by Gasteiger charge is 2.24. The number of furan rings is 1. The number of piperidine rings is 1. The van der Waals surface area contributed by atoms with Crippen LogP contribution in [0.2, 0.25) is 5.02 Å². The fraction of sp³-hybridized carbons (Fsp3) is 0.389. The van der Waals surface area contributed by atoms with Crippen molar-refractivity contribution in [2.24, 2.45) is 5.92 Å². The lowest BCUT2D eigenvalue weighted by atomic mass is 9.95. The van der Waals surface area contributed by atoms with Crippen molar-refractivity contribution in [2.75, 3.05) is 13.1 Å². The average Bonchev–Trinajstić information content (AvgIpc) is 3.09. The first-order chi connectivity index (χ1) is 11.2. The molecule has 0 atom stereocenters. The standard InChI is InChI=1S/C18H21ClN2O2/c19-16-5-3-14(4-6-16)13-21-9-7-15(8-10-21)18(22)20-12-17-2-1-11-23-17/h1-6,11,15H,7-10,12-13H2,(H,20,22). The molecule has 23 heavy (non-hydrogen) atoms. The molecule has 1 fully saturated rings. The third-order valence-corrected chi connectivity index (χ3v) is 4.55. The topological polar surface area (TPSA) is 45.5 Å². The fourth-order valence-electron chi connectivity index (χ4n) is 2.93. The van der Waals surface area contributed by atoms with E-state index < -0.39 is 0 Å². The predicted octanol–water partition coefficient (Wildman–Crippen LogP) is 3.46. The minimum atomic E-state index is 0.103. The van der Waals surface area contributed by atoms with E-state index in [-0.39, 0.29) is 11.8 Å². The van der Waals surface area contributed by atoms with Gasteiger partial charge < -0.3 is 9.73 Å². The lowest BCUT2D eigenvalue weighted by Gasteiger charge is -2.31. The van der Waals surface area contributed by atoms with Crippen LogP contribution in [0.5, 0.6) is 0 Å². The van der Waals surface area contributed by atoms with E-state index in [9.17, 15) is 4.79 Å². The summed E-state index contributed by atoms with van der Waals surface area (Å²) in [6, 6.07) is 11.7. The Balaban J connectivity index is 1.42. The normalized spacial score (nSPS) is 16.4. The van der Waals surface area contributed by atoms with Crippen LogP contribution in [0.4, 0.5) is 0 Å². The van der Waals surface area contributed by atoms with Gasteiger partial charge in [0.05, 0.1) is 12.8 Å². The van der Waals surface area contributed by atoms with E-state index in [0.29, 0.717) is 6.54 Å². The predicted molar refractivity (Wildman–Crippen MR) is 90.0 cm³/mol. The molecule has 1 saturated heterocycles. The van der Waals surface area contributed by atoms with Crippen molar-refractivity contribution in [1.29, 1.82) is 0 Å². The molecule has 1 aromatic carbocycles. The van der Waals surface area contributed by atoms with Crippen molar-refractivity contribution in [3.63, 3.8) is 0 Å². The Morgan fingerprint density at radius 3 is 2.61 bits per heavy atom. The molecular formula is C18H21ClN2O2. The van der Waals surface area contributed by atoms with Crippen LogP contribution in [0.1, 0.15) is 24.2 Å². The molecule has 0 radical (unpaired) electrons. The molecule has 1 N–H and O–H groups in total. The van der Waals surface area contributed by atoms with Crippen LogP contribution in [0.15, 0.2) is 47.1 Å². The van der Waals surface area contributed by atoms with E-state index in [1.54, 1.807) is 6.26 Å². The number of nitrogens with zero attached hydrogens (tertiary/aromatic N) is 1. The highest BCUT2D eigenvalue weighted by molar-refractivity contribution is 6.30. The van der Waals surface area contributed by atoms with Gasteiger partial charge in [-0.05, 0) is 55.8 Å². The zero-order valence-corrected chi connectivity index (χ0v) is 13.8. The molecule has 2 heterocycles. The smallest absolute Gasteiger partial charge is 0.223 e. The van der Waals surface area contributed by atoms with Gasteiger partial charge in [-0.2, -0.15) is 0 Å². The summed E-state index contributed by atoms with van der Waals surface area (Å²) in [5.41, 5.74) is 1.26. The third kappa shape index (κ3) is 4.60. The van der Waals surface area contributed by atoms with Gasteiger partial charge in [-0.3, -0.25) is 9.69 Å². The van der Waals surface area contributed by atoms with Gasteiger partial charge in [-0.25, -0.2) is 0 Å². The number of halogens is 1. The number of nitrogens with one attached hydrogen (secondary N) is 1. The molecule has 1 amide bonds. The van der Waals surface area contributed by atoms with E-state index in [2.05, 4.69) is 22.3 Å². The summed E-state index contributed by atoms with van der Waals surface area (Å²) in [4.78, 5) is 14.6. The zero-order chi connectivity index (χ0) is 16.1. The minimum absolute atomic E-state index is 0.103. The number of carbonyl (C=O) groups is 1. The molecule has 3 rings (SSSR count). The van der Waals surface area contributed by atoms with Crippen molar-refractivity contribution < 1.29 is 9.21 Å². The molecule has 0 aliphatic carbocycles. The van der Waals surface area contributed by atoms with E-state index >= 15 is 0 Å². The molecule has 5 heteroatoms. The van der Waals surface area contributed by atoms with Crippen LogP contribution in [-0.4, -0.2) is 23.9 Å². The Bertz CT molecular complexity index is 617. The summed E-state index contributed by atoms with van der Waals surface area (Å²) in [6.07, 6.45) is 3.42. The van der Waals surface area contributed by atoms with Gasteiger partial charge >= 0.3 is 0 Å². The van der Waals surface area contributed by atoms with Crippen molar-refractivity contribution in [3.8, 4) is 0 Å². The molecule has 1 aromatic heterocycles. The SMILES string of the molecule is O=C(NCc1ccco1)C1CCN(Cc2ccc(Cl)cc2)CC1. The van der Waals surface area contributed by atoms with Crippen molar-refractivity contribution in [1.82, 2.24) is 10.2 Å². The lowest BCUT2D eigenvalue weighted by Crippen LogP contribution is -2.40. The second-order valence-electron chi connectivity index (χ2n) is 5.97. The lowest BCUT2D eigenvalue weighted by molar-refractivity contribution is -0.126. The molecule has 4 nitrogen and oxygen atoms in total. The first-order valence-corrected chi connectivity index (χ1v) is 8.35. The van der Waals surface area contributed by atoms with Gasteiger partial charge in [-0.1, -0.05) is 23.7 Å². The van der Waals surface area contributed by atoms with E-state index in [0.717, 1.165) is 43.3 Å².